The first-order valence-electron chi connectivity index (χ1n) is 8.43. The Morgan fingerprint density at radius 2 is 1.69 bits per heavy atom. The molecule has 0 atom stereocenters. The lowest BCUT2D eigenvalue weighted by atomic mass is 10.1. The molecule has 0 aliphatic heterocycles. The molecule has 7 heteroatoms. The van der Waals surface area contributed by atoms with E-state index in [0.29, 0.717) is 11.3 Å². The van der Waals surface area contributed by atoms with Gasteiger partial charge in [-0.05, 0) is 35.9 Å². The molecular weight excluding hydrogens is 374 g/mol. The second-order valence-electron chi connectivity index (χ2n) is 5.57. The summed E-state index contributed by atoms with van der Waals surface area (Å²) in [7, 11) is 4.15. The maximum atomic E-state index is 12.2. The first-order valence-corrected chi connectivity index (χ1v) is 8.43. The van der Waals surface area contributed by atoms with Gasteiger partial charge in [-0.15, -0.1) is 0 Å². The summed E-state index contributed by atoms with van der Waals surface area (Å²) in [6.45, 7) is 0. The van der Waals surface area contributed by atoms with E-state index < -0.39 is 11.9 Å². The Bertz CT molecular complexity index is 1000. The maximum Gasteiger partial charge on any atom is 0.348 e. The van der Waals surface area contributed by atoms with E-state index in [1.165, 1.54) is 38.5 Å². The van der Waals surface area contributed by atoms with E-state index in [4.69, 9.17) is 19.5 Å². The van der Waals surface area contributed by atoms with Gasteiger partial charge in [0.15, 0.2) is 11.5 Å². The first kappa shape index (κ1) is 21.3. The molecule has 0 aromatic heterocycles. The largest absolute Gasteiger partial charge is 0.496 e. The summed E-state index contributed by atoms with van der Waals surface area (Å²) in [5.41, 5.74) is 1.07. The van der Waals surface area contributed by atoms with Crippen molar-refractivity contribution in [3.05, 3.63) is 65.2 Å². The summed E-state index contributed by atoms with van der Waals surface area (Å²) >= 11 is 0. The average molecular weight is 393 g/mol. The predicted octanol–water partition coefficient (Wildman–Crippen LogP) is 3.40. The highest BCUT2D eigenvalue weighted by Crippen LogP contribution is 2.29. The molecule has 7 nitrogen and oxygen atoms in total. The summed E-state index contributed by atoms with van der Waals surface area (Å²) in [6.07, 6.45) is 4.21. The highest BCUT2D eigenvalue weighted by atomic mass is 16.6. The van der Waals surface area contributed by atoms with Crippen molar-refractivity contribution >= 4 is 24.1 Å². The average Bonchev–Trinajstić information content (AvgIpc) is 2.76. The minimum absolute atomic E-state index is 0.168. The number of nitrogens with zero attached hydrogens (tertiary/aromatic N) is 1. The standard InChI is InChI=1S/C22H19NO6/c1-26-18-7-5-4-6-16(18)9-11-21(24)29-19-10-8-15(13-20(19)27-2)12-17(14-23)22(25)28-3/h4-13H,1-3H3. The van der Waals surface area contributed by atoms with Gasteiger partial charge >= 0.3 is 11.9 Å². The molecule has 0 saturated heterocycles. The normalized spacial score (nSPS) is 10.9. The number of para-hydroxylation sites is 1. The highest BCUT2D eigenvalue weighted by molar-refractivity contribution is 5.98. The van der Waals surface area contributed by atoms with Crippen LogP contribution < -0.4 is 14.2 Å². The molecule has 0 unspecified atom stereocenters. The van der Waals surface area contributed by atoms with E-state index in [0.717, 1.165) is 5.56 Å². The quantitative estimate of drug-likeness (QED) is 0.308. The lowest BCUT2D eigenvalue weighted by Gasteiger charge is -2.09. The molecule has 0 heterocycles. The maximum absolute atomic E-state index is 12.2. The van der Waals surface area contributed by atoms with Crippen molar-refractivity contribution in [3.8, 4) is 23.3 Å². The van der Waals surface area contributed by atoms with Crippen LogP contribution in [0, 0.1) is 11.3 Å². The number of nitriles is 1. The Hall–Kier alpha value is -4.05. The zero-order chi connectivity index (χ0) is 21.2. The van der Waals surface area contributed by atoms with Gasteiger partial charge in [0.25, 0.3) is 0 Å². The number of hydrogen-bond donors (Lipinski definition) is 0. The number of carbonyl (C=O) groups is 2. The van der Waals surface area contributed by atoms with Gasteiger partial charge < -0.3 is 18.9 Å². The molecule has 148 valence electrons. The zero-order valence-electron chi connectivity index (χ0n) is 16.2. The van der Waals surface area contributed by atoms with E-state index in [1.54, 1.807) is 37.5 Å². The Morgan fingerprint density at radius 1 is 0.966 bits per heavy atom. The predicted molar refractivity (Wildman–Crippen MR) is 106 cm³/mol. The molecule has 0 amide bonds. The van der Waals surface area contributed by atoms with Crippen LogP contribution in [-0.2, 0) is 14.3 Å². The van der Waals surface area contributed by atoms with Crippen LogP contribution >= 0.6 is 0 Å². The van der Waals surface area contributed by atoms with Crippen molar-refractivity contribution < 1.29 is 28.5 Å². The molecule has 2 aromatic carbocycles. The summed E-state index contributed by atoms with van der Waals surface area (Å²) in [4.78, 5) is 23.7. The number of benzene rings is 2. The number of methoxy groups -OCH3 is 3. The highest BCUT2D eigenvalue weighted by Gasteiger charge is 2.12. The number of hydrogen-bond acceptors (Lipinski definition) is 7. The monoisotopic (exact) mass is 393 g/mol. The van der Waals surface area contributed by atoms with Gasteiger partial charge in [0, 0.05) is 11.6 Å². The second kappa shape index (κ2) is 10.3. The summed E-state index contributed by atoms with van der Waals surface area (Å²) in [5.74, 6) is -0.270. The molecule has 0 aliphatic rings. The van der Waals surface area contributed by atoms with E-state index >= 15 is 0 Å². The van der Waals surface area contributed by atoms with Crippen LogP contribution in [0.5, 0.6) is 17.2 Å². The van der Waals surface area contributed by atoms with E-state index in [1.807, 2.05) is 12.1 Å². The third kappa shape index (κ3) is 5.71. The van der Waals surface area contributed by atoms with Crippen molar-refractivity contribution in [2.45, 2.75) is 0 Å². The lowest BCUT2D eigenvalue weighted by molar-refractivity contribution is -0.135. The van der Waals surface area contributed by atoms with E-state index in [2.05, 4.69) is 4.74 Å². The Morgan fingerprint density at radius 3 is 2.34 bits per heavy atom. The minimum Gasteiger partial charge on any atom is -0.496 e. The van der Waals surface area contributed by atoms with Crippen molar-refractivity contribution in [2.75, 3.05) is 21.3 Å². The summed E-state index contributed by atoms with van der Waals surface area (Å²) < 4.78 is 20.3. The topological polar surface area (TPSA) is 94.9 Å². The molecule has 0 aliphatic carbocycles. The molecule has 2 rings (SSSR count). The van der Waals surface area contributed by atoms with Gasteiger partial charge in [0.2, 0.25) is 0 Å². The van der Waals surface area contributed by atoms with Gasteiger partial charge in [-0.2, -0.15) is 5.26 Å². The number of carbonyl (C=O) groups excluding carboxylic acids is 2. The molecule has 0 N–H and O–H groups in total. The summed E-state index contributed by atoms with van der Waals surface area (Å²) in [5, 5.41) is 9.04. The fraction of sp³-hybridized carbons (Fsp3) is 0.136. The second-order valence-corrected chi connectivity index (χ2v) is 5.57. The zero-order valence-corrected chi connectivity index (χ0v) is 16.2. The van der Waals surface area contributed by atoms with Gasteiger partial charge in [-0.3, -0.25) is 0 Å². The van der Waals surface area contributed by atoms with Gasteiger partial charge in [0.05, 0.1) is 21.3 Å². The molecule has 0 fully saturated rings. The van der Waals surface area contributed by atoms with Crippen molar-refractivity contribution in [2.24, 2.45) is 0 Å². The van der Waals surface area contributed by atoms with E-state index in [9.17, 15) is 9.59 Å². The summed E-state index contributed by atoms with van der Waals surface area (Å²) in [6, 6.07) is 13.6. The first-order chi connectivity index (χ1) is 14.0. The fourth-order valence-corrected chi connectivity index (χ4v) is 2.38. The van der Waals surface area contributed by atoms with Crippen LogP contribution in [0.4, 0.5) is 0 Å². The Kier molecular flexibility index (Phi) is 7.57. The van der Waals surface area contributed by atoms with Crippen molar-refractivity contribution in [3.63, 3.8) is 0 Å². The van der Waals surface area contributed by atoms with Crippen LogP contribution in [0.1, 0.15) is 11.1 Å². The molecule has 29 heavy (non-hydrogen) atoms. The Balaban J connectivity index is 2.20. The third-order valence-electron chi connectivity index (χ3n) is 3.77. The van der Waals surface area contributed by atoms with Crippen LogP contribution in [0.2, 0.25) is 0 Å². The molecule has 0 saturated carbocycles. The molecule has 0 spiro atoms. The molecule has 0 bridgehead atoms. The van der Waals surface area contributed by atoms with Gasteiger partial charge in [-0.25, -0.2) is 9.59 Å². The smallest absolute Gasteiger partial charge is 0.348 e. The minimum atomic E-state index is -0.747. The van der Waals surface area contributed by atoms with Crippen LogP contribution in [-0.4, -0.2) is 33.3 Å². The lowest BCUT2D eigenvalue weighted by Crippen LogP contribution is -2.05. The Labute approximate surface area is 168 Å². The van der Waals surface area contributed by atoms with Crippen LogP contribution in [0.15, 0.2) is 54.1 Å². The molecule has 2 aromatic rings. The third-order valence-corrected chi connectivity index (χ3v) is 3.77. The number of esters is 2. The van der Waals surface area contributed by atoms with Crippen LogP contribution in [0.3, 0.4) is 0 Å². The van der Waals surface area contributed by atoms with Crippen molar-refractivity contribution in [1.29, 1.82) is 5.26 Å². The van der Waals surface area contributed by atoms with Gasteiger partial charge in [-0.1, -0.05) is 24.3 Å². The van der Waals surface area contributed by atoms with Crippen molar-refractivity contribution in [1.82, 2.24) is 0 Å². The van der Waals surface area contributed by atoms with Crippen LogP contribution in [0.25, 0.3) is 12.2 Å². The van der Waals surface area contributed by atoms with Gasteiger partial charge in [0.1, 0.15) is 17.4 Å². The number of ether oxygens (including phenoxy) is 4. The fourth-order valence-electron chi connectivity index (χ4n) is 2.38. The molecular formula is C22H19NO6. The number of rotatable bonds is 7. The van der Waals surface area contributed by atoms with E-state index in [-0.39, 0.29) is 17.1 Å². The molecule has 0 radical (unpaired) electrons. The SMILES string of the molecule is COC(=O)C(C#N)=Cc1ccc(OC(=O)C=Cc2ccccc2OC)c(OC)c1.